The molecule has 0 aliphatic rings. The highest BCUT2D eigenvalue weighted by molar-refractivity contribution is 7.20. The summed E-state index contributed by atoms with van der Waals surface area (Å²) < 4.78 is 343. The fourth-order valence-corrected chi connectivity index (χ4v) is 8.35. The van der Waals surface area contributed by atoms with Crippen LogP contribution in [-0.2, 0) is 56.0 Å². The van der Waals surface area contributed by atoms with E-state index in [0.29, 0.717) is 0 Å². The quantitative estimate of drug-likeness (QED) is 0.0883. The second-order valence-corrected chi connectivity index (χ2v) is 17.2. The van der Waals surface area contributed by atoms with Gasteiger partial charge in [0, 0.05) is 11.1 Å². The van der Waals surface area contributed by atoms with E-state index in [2.05, 4.69) is 71.2 Å². The molecule has 0 radical (unpaired) electrons. The normalized spacial score (nSPS) is 13.3. The molecule has 27 heteroatoms. The Bertz CT molecular complexity index is 2800. The van der Waals surface area contributed by atoms with Crippen molar-refractivity contribution >= 4 is 28.0 Å². The molecule has 1 aromatic heterocycles. The molecule has 410 valence electrons. The first-order valence-electron chi connectivity index (χ1n) is 21.4. The Balaban J connectivity index is 0.000000397. The van der Waals surface area contributed by atoms with Gasteiger partial charge in [0.1, 0.15) is 11.8 Å². The maximum atomic E-state index is 14.2. The number of hydrogen-bond donors (Lipinski definition) is 0. The van der Waals surface area contributed by atoms with E-state index in [0.717, 1.165) is 17.8 Å². The van der Waals surface area contributed by atoms with E-state index in [1.54, 1.807) is 0 Å². The minimum Gasteiger partial charge on any atom is -0.244 e. The van der Waals surface area contributed by atoms with E-state index in [1.165, 1.54) is 11.1 Å². The first-order chi connectivity index (χ1) is 35.1. The van der Waals surface area contributed by atoms with Crippen LogP contribution in [0.4, 0.5) is 105 Å². The van der Waals surface area contributed by atoms with Gasteiger partial charge in [0.15, 0.2) is 18.9 Å². The van der Waals surface area contributed by atoms with Crippen LogP contribution in [-0.4, -0.2) is 11.1 Å². The fourth-order valence-electron chi connectivity index (χ4n) is 8.35. The van der Waals surface area contributed by atoms with Crippen molar-refractivity contribution < 1.29 is 110 Å². The van der Waals surface area contributed by atoms with Crippen molar-refractivity contribution in [3.8, 4) is 11.3 Å². The Labute approximate surface area is 418 Å². The molecule has 0 spiro atoms. The van der Waals surface area contributed by atoms with Crippen LogP contribution in [0.5, 0.6) is 0 Å². The van der Waals surface area contributed by atoms with E-state index in [-0.39, 0.29) is 0 Å². The monoisotopic (exact) mass is 1120 g/mol. The molecule has 1 heterocycles. The van der Waals surface area contributed by atoms with Gasteiger partial charge in [0.25, 0.3) is 0 Å². The number of nitrogens with zero attached hydrogens (tertiary/aromatic N) is 2. The highest BCUT2D eigenvalue weighted by atomic mass is 19.4. The van der Waals surface area contributed by atoms with E-state index >= 15 is 0 Å². The lowest BCUT2D eigenvalue weighted by molar-refractivity contribution is -0.688. The molecule has 0 bridgehead atoms. The zero-order valence-corrected chi connectivity index (χ0v) is 38.1. The SMILES string of the molecule is Cc1cccc(-c2c[n+](Cc3ccccc3)ccn2)c1.FC(F)(F)c1cc([B-](c2cc(C(F)(F)F)cc(C(F)(F)F)c2)(c2cc(C(F)(F)F)cc(C(F)(F)F)c2)c2cc(C(F)(F)F)cc(C(F)(F)F)c2)cc(C(F)(F)F)c1. The van der Waals surface area contributed by atoms with Crippen molar-refractivity contribution in [3.63, 3.8) is 0 Å². The number of halogens is 24. The average molecular weight is 1120 g/mol. The summed E-state index contributed by atoms with van der Waals surface area (Å²) >= 11 is 0. The van der Waals surface area contributed by atoms with Crippen molar-refractivity contribution in [1.29, 1.82) is 0 Å². The van der Waals surface area contributed by atoms with Crippen LogP contribution in [0.15, 0.2) is 146 Å². The third-order valence-electron chi connectivity index (χ3n) is 11.7. The second kappa shape index (κ2) is 20.6. The minimum absolute atomic E-state index is 0.691. The van der Waals surface area contributed by atoms with E-state index in [9.17, 15) is 105 Å². The summed E-state index contributed by atoms with van der Waals surface area (Å²) in [4.78, 5) is 4.47. The van der Waals surface area contributed by atoms with Crippen molar-refractivity contribution in [3.05, 3.63) is 202 Å². The van der Waals surface area contributed by atoms with Crippen LogP contribution >= 0.6 is 0 Å². The predicted molar refractivity (Wildman–Crippen MR) is 230 cm³/mol. The molecule has 7 aromatic rings. The topological polar surface area (TPSA) is 16.8 Å². The number of alkyl halides is 24. The fraction of sp³-hybridized carbons (Fsp3) is 0.200. The lowest BCUT2D eigenvalue weighted by Crippen LogP contribution is -2.75. The third kappa shape index (κ3) is 13.9. The highest BCUT2D eigenvalue weighted by Gasteiger charge is 2.47. The van der Waals surface area contributed by atoms with Crippen molar-refractivity contribution in [1.82, 2.24) is 4.98 Å². The first kappa shape index (κ1) is 59.0. The van der Waals surface area contributed by atoms with Gasteiger partial charge in [-0.1, -0.05) is 103 Å². The Morgan fingerprint density at radius 2 is 0.662 bits per heavy atom. The molecule has 0 saturated carbocycles. The first-order valence-corrected chi connectivity index (χ1v) is 21.4. The molecule has 0 aliphatic carbocycles. The standard InChI is InChI=1S/C32H12BF24.C18H17N2/c34-25(35,36)13-1-14(26(37,38)39)6-21(5-13)33(22-7-15(27(40,41)42)2-16(8-22)28(43,44)45,23-9-17(29(46,47)48)3-18(10-23)30(49,50)51)24-11-19(31(52,53)54)4-20(12-24)32(55,56)57;1-15-6-5-9-17(12-15)18-14-20(11-10-19-18)13-16-7-3-2-4-8-16/h1-12H;2-12,14H,13H2,1H3/q-1;+1. The molecule has 6 aromatic carbocycles. The van der Waals surface area contributed by atoms with Crippen LogP contribution in [0.3, 0.4) is 0 Å². The van der Waals surface area contributed by atoms with E-state index in [1.807, 2.05) is 18.5 Å². The zero-order chi connectivity index (χ0) is 57.7. The molecule has 2 nitrogen and oxygen atoms in total. The van der Waals surface area contributed by atoms with Crippen molar-refractivity contribution in [2.45, 2.75) is 62.9 Å². The molecular weight excluding hydrogens is 1100 g/mol. The van der Waals surface area contributed by atoms with Gasteiger partial charge in [-0.05, 0) is 37.3 Å². The number of benzene rings is 6. The molecule has 7 rings (SSSR count). The predicted octanol–water partition coefficient (Wildman–Crippen LogP) is 14.6. The smallest absolute Gasteiger partial charge is 0.244 e. The second-order valence-electron chi connectivity index (χ2n) is 17.2. The Kier molecular flexibility index (Phi) is 15.8. The van der Waals surface area contributed by atoms with Gasteiger partial charge < -0.3 is 0 Å². The summed E-state index contributed by atoms with van der Waals surface area (Å²) in [5.41, 5.74) is -25.5. The van der Waals surface area contributed by atoms with Gasteiger partial charge in [0.2, 0.25) is 0 Å². The van der Waals surface area contributed by atoms with Gasteiger partial charge >= 0.3 is 49.4 Å². The molecule has 0 N–H and O–H groups in total. The number of aromatic nitrogens is 2. The summed E-state index contributed by atoms with van der Waals surface area (Å²) in [6, 6.07) is 10.1. The minimum atomic E-state index is -6.13. The van der Waals surface area contributed by atoms with E-state index < -0.39 is 195 Å². The maximum Gasteiger partial charge on any atom is 0.416 e. The summed E-state index contributed by atoms with van der Waals surface area (Å²) in [7, 11) is 0. The zero-order valence-electron chi connectivity index (χ0n) is 38.1. The van der Waals surface area contributed by atoms with E-state index in [4.69, 9.17) is 0 Å². The van der Waals surface area contributed by atoms with Crippen LogP contribution in [0.2, 0.25) is 0 Å². The largest absolute Gasteiger partial charge is 0.416 e. The third-order valence-corrected chi connectivity index (χ3v) is 11.7. The molecule has 0 saturated heterocycles. The lowest BCUT2D eigenvalue weighted by atomic mass is 9.12. The van der Waals surface area contributed by atoms with Crippen molar-refractivity contribution in [2.75, 3.05) is 0 Å². The van der Waals surface area contributed by atoms with Gasteiger partial charge in [-0.25, -0.2) is 4.98 Å². The highest BCUT2D eigenvalue weighted by Crippen LogP contribution is 2.41. The molecular formula is C50H29BF24N2. The Morgan fingerprint density at radius 1 is 0.364 bits per heavy atom. The molecule has 0 atom stereocenters. The van der Waals surface area contributed by atoms with Crippen molar-refractivity contribution in [2.24, 2.45) is 0 Å². The van der Waals surface area contributed by atoms with Gasteiger partial charge in [-0.15, -0.1) is 0 Å². The molecule has 0 unspecified atom stereocenters. The summed E-state index contributed by atoms with van der Waals surface area (Å²) in [5.74, 6) is 0. The Morgan fingerprint density at radius 3 is 0.935 bits per heavy atom. The number of rotatable bonds is 7. The summed E-state index contributed by atoms with van der Waals surface area (Å²) in [5, 5.41) is 0. The van der Waals surface area contributed by atoms with Crippen LogP contribution in [0.25, 0.3) is 11.3 Å². The summed E-state index contributed by atoms with van der Waals surface area (Å²) in [6.45, 7) is 2.96. The van der Waals surface area contributed by atoms with Gasteiger partial charge in [-0.2, -0.15) is 132 Å². The van der Waals surface area contributed by atoms with Crippen LogP contribution in [0.1, 0.15) is 55.6 Å². The van der Waals surface area contributed by atoms with Gasteiger partial charge in [0.05, 0.1) is 50.7 Å². The summed E-state index contributed by atoms with van der Waals surface area (Å²) in [6.07, 6.45) is -48.8. The molecule has 77 heavy (non-hydrogen) atoms. The molecule has 0 amide bonds. The molecule has 0 aliphatic heterocycles. The van der Waals surface area contributed by atoms with Gasteiger partial charge in [-0.3, -0.25) is 0 Å². The Hall–Kier alpha value is -7.22. The number of aryl methyl sites for hydroxylation is 1. The lowest BCUT2D eigenvalue weighted by Gasteiger charge is -2.46. The van der Waals surface area contributed by atoms with Crippen LogP contribution < -0.4 is 26.4 Å². The van der Waals surface area contributed by atoms with Crippen LogP contribution in [0, 0.1) is 6.92 Å². The molecule has 0 fully saturated rings. The maximum absolute atomic E-state index is 14.2. The number of hydrogen-bond acceptors (Lipinski definition) is 1. The average Bonchev–Trinajstić information content (AvgIpc) is 3.30.